The fraction of sp³-hybridized carbons (Fsp3) is 0.500. The van der Waals surface area contributed by atoms with Crippen LogP contribution < -0.4 is 5.32 Å². The minimum atomic E-state index is -0.574. The monoisotopic (exact) mass is 184 g/mol. The Hall–Kier alpha value is -1.52. The van der Waals surface area contributed by atoms with Gasteiger partial charge in [0.15, 0.2) is 0 Å². The zero-order chi connectivity index (χ0) is 9.90. The van der Waals surface area contributed by atoms with Crippen molar-refractivity contribution in [2.45, 2.75) is 26.4 Å². The first kappa shape index (κ1) is 9.57. The molecule has 1 N–H and O–H groups in total. The van der Waals surface area contributed by atoms with E-state index in [0.29, 0.717) is 0 Å². The highest BCUT2D eigenvalue weighted by Gasteiger charge is 2.16. The van der Waals surface area contributed by atoms with Crippen LogP contribution in [0.25, 0.3) is 0 Å². The molecule has 1 rings (SSSR count). The van der Waals surface area contributed by atoms with E-state index in [-0.39, 0.29) is 6.01 Å². The highest BCUT2D eigenvalue weighted by molar-refractivity contribution is 5.81. The number of aromatic nitrogens is 1. The van der Waals surface area contributed by atoms with Crippen molar-refractivity contribution in [1.29, 1.82) is 0 Å². The topological polar surface area (TPSA) is 64.4 Å². The molecule has 0 saturated carbocycles. The molecule has 0 aliphatic heterocycles. The quantitative estimate of drug-likeness (QED) is 0.725. The van der Waals surface area contributed by atoms with Crippen LogP contribution in [-0.4, -0.2) is 16.7 Å². The maximum Gasteiger partial charge on any atom is 0.415 e. The molecule has 0 radical (unpaired) electrons. The van der Waals surface area contributed by atoms with Gasteiger partial charge in [0.05, 0.1) is 6.20 Å². The van der Waals surface area contributed by atoms with Crippen molar-refractivity contribution >= 4 is 12.1 Å². The van der Waals surface area contributed by atoms with Crippen LogP contribution in [0.15, 0.2) is 16.9 Å². The summed E-state index contributed by atoms with van der Waals surface area (Å²) in [5.74, 6) is 0. The summed E-state index contributed by atoms with van der Waals surface area (Å²) in [5.41, 5.74) is -0.517. The van der Waals surface area contributed by atoms with Crippen LogP contribution in [-0.2, 0) is 4.74 Å². The Labute approximate surface area is 76.1 Å². The lowest BCUT2D eigenvalue weighted by Crippen LogP contribution is -2.27. The molecular formula is C8H12N2O3. The third kappa shape index (κ3) is 3.59. The minimum absolute atomic E-state index is 0.134. The first-order chi connectivity index (χ1) is 5.97. The number of hydrogen-bond donors (Lipinski definition) is 1. The molecule has 1 amide bonds. The average molecular weight is 184 g/mol. The number of nitrogens with zero attached hydrogens (tertiary/aromatic N) is 1. The molecule has 5 heteroatoms. The lowest BCUT2D eigenvalue weighted by Gasteiger charge is -2.18. The van der Waals surface area contributed by atoms with Crippen LogP contribution in [0.3, 0.4) is 0 Å². The Bertz CT molecular complexity index is 274. The van der Waals surface area contributed by atoms with Gasteiger partial charge in [-0.05, 0) is 20.8 Å². The summed E-state index contributed by atoms with van der Waals surface area (Å²) >= 11 is 0. The summed E-state index contributed by atoms with van der Waals surface area (Å²) in [4.78, 5) is 14.8. The third-order valence-corrected chi connectivity index (χ3v) is 1.04. The molecule has 0 fully saturated rings. The summed E-state index contributed by atoms with van der Waals surface area (Å²) in [6.45, 7) is 5.34. The normalized spacial score (nSPS) is 11.0. The van der Waals surface area contributed by atoms with Crippen molar-refractivity contribution in [2.24, 2.45) is 0 Å². The van der Waals surface area contributed by atoms with Gasteiger partial charge < -0.3 is 9.15 Å². The van der Waals surface area contributed by atoms with Gasteiger partial charge in [-0.3, -0.25) is 0 Å². The van der Waals surface area contributed by atoms with E-state index < -0.39 is 11.7 Å². The number of carbonyl (C=O) groups is 1. The maximum absolute atomic E-state index is 11.1. The number of amides is 1. The molecule has 1 aromatic rings. The zero-order valence-electron chi connectivity index (χ0n) is 7.83. The highest BCUT2D eigenvalue weighted by Crippen LogP contribution is 2.09. The van der Waals surface area contributed by atoms with Gasteiger partial charge in [-0.1, -0.05) is 0 Å². The predicted molar refractivity (Wildman–Crippen MR) is 46.4 cm³/mol. The van der Waals surface area contributed by atoms with E-state index in [2.05, 4.69) is 10.3 Å². The Morgan fingerprint density at radius 1 is 1.62 bits per heavy atom. The number of hydrogen-bond acceptors (Lipinski definition) is 4. The number of anilines is 1. The molecule has 0 aliphatic rings. The molecule has 0 atom stereocenters. The second-order valence-corrected chi connectivity index (χ2v) is 3.46. The molecule has 0 saturated heterocycles. The van der Waals surface area contributed by atoms with Gasteiger partial charge in [-0.15, -0.1) is 0 Å². The van der Waals surface area contributed by atoms with Crippen LogP contribution in [0.5, 0.6) is 0 Å². The van der Waals surface area contributed by atoms with E-state index in [1.165, 1.54) is 12.5 Å². The van der Waals surface area contributed by atoms with E-state index in [9.17, 15) is 4.79 Å². The van der Waals surface area contributed by atoms with Gasteiger partial charge in [0, 0.05) is 0 Å². The van der Waals surface area contributed by atoms with Crippen LogP contribution in [0.4, 0.5) is 10.8 Å². The van der Waals surface area contributed by atoms with Crippen molar-refractivity contribution in [1.82, 2.24) is 4.98 Å². The van der Waals surface area contributed by atoms with E-state index >= 15 is 0 Å². The van der Waals surface area contributed by atoms with Crippen LogP contribution in [0.1, 0.15) is 20.8 Å². The second-order valence-electron chi connectivity index (χ2n) is 3.46. The lowest BCUT2D eigenvalue weighted by atomic mass is 10.2. The molecule has 5 nitrogen and oxygen atoms in total. The summed E-state index contributed by atoms with van der Waals surface area (Å²) in [7, 11) is 0. The van der Waals surface area contributed by atoms with Gasteiger partial charge in [-0.2, -0.15) is 0 Å². The van der Waals surface area contributed by atoms with Gasteiger partial charge in [-0.25, -0.2) is 15.1 Å². The summed E-state index contributed by atoms with van der Waals surface area (Å²) in [6, 6.07) is 0.134. The van der Waals surface area contributed by atoms with Gasteiger partial charge in [0.1, 0.15) is 11.9 Å². The number of oxazole rings is 1. The summed E-state index contributed by atoms with van der Waals surface area (Å²) < 4.78 is 9.76. The van der Waals surface area contributed by atoms with E-state index in [4.69, 9.17) is 9.15 Å². The smallest absolute Gasteiger partial charge is 0.415 e. The number of ether oxygens (including phenoxy) is 1. The van der Waals surface area contributed by atoms with Crippen molar-refractivity contribution < 1.29 is 13.9 Å². The van der Waals surface area contributed by atoms with E-state index in [1.54, 1.807) is 20.8 Å². The second kappa shape index (κ2) is 3.47. The minimum Gasteiger partial charge on any atom is -0.443 e. The van der Waals surface area contributed by atoms with Gasteiger partial charge in [0.2, 0.25) is 0 Å². The fourth-order valence-corrected chi connectivity index (χ4v) is 0.676. The Morgan fingerprint density at radius 2 is 2.31 bits per heavy atom. The first-order valence-electron chi connectivity index (χ1n) is 3.87. The maximum atomic E-state index is 11.1. The number of carbonyl (C=O) groups excluding carboxylic acids is 1. The van der Waals surface area contributed by atoms with Gasteiger partial charge >= 0.3 is 12.1 Å². The summed E-state index contributed by atoms with van der Waals surface area (Å²) in [5, 5.41) is 2.34. The number of rotatable bonds is 1. The Morgan fingerprint density at radius 3 is 2.77 bits per heavy atom. The molecule has 1 aromatic heterocycles. The predicted octanol–water partition coefficient (Wildman–Crippen LogP) is 2.02. The van der Waals surface area contributed by atoms with Gasteiger partial charge in [0.25, 0.3) is 0 Å². The molecule has 0 spiro atoms. The first-order valence-corrected chi connectivity index (χ1v) is 3.87. The van der Waals surface area contributed by atoms with Crippen molar-refractivity contribution in [3.8, 4) is 0 Å². The molecule has 72 valence electrons. The zero-order valence-corrected chi connectivity index (χ0v) is 7.83. The fourth-order valence-electron chi connectivity index (χ4n) is 0.676. The van der Waals surface area contributed by atoms with Crippen LogP contribution >= 0.6 is 0 Å². The van der Waals surface area contributed by atoms with E-state index in [0.717, 1.165) is 0 Å². The van der Waals surface area contributed by atoms with Crippen LogP contribution in [0.2, 0.25) is 0 Å². The molecule has 13 heavy (non-hydrogen) atoms. The van der Waals surface area contributed by atoms with E-state index in [1.807, 2.05) is 0 Å². The largest absolute Gasteiger partial charge is 0.443 e. The molecule has 1 heterocycles. The SMILES string of the molecule is CC(C)(C)OC(=O)Nc1ncco1. The molecule has 0 aliphatic carbocycles. The molecule has 0 unspecified atom stereocenters. The van der Waals surface area contributed by atoms with Crippen molar-refractivity contribution in [2.75, 3.05) is 5.32 Å². The van der Waals surface area contributed by atoms with Crippen LogP contribution in [0, 0.1) is 0 Å². The highest BCUT2D eigenvalue weighted by atomic mass is 16.6. The van der Waals surface area contributed by atoms with Crippen molar-refractivity contribution in [3.05, 3.63) is 12.5 Å². The lowest BCUT2D eigenvalue weighted by molar-refractivity contribution is 0.0632. The average Bonchev–Trinajstić information content (AvgIpc) is 2.34. The van der Waals surface area contributed by atoms with Crippen molar-refractivity contribution in [3.63, 3.8) is 0 Å². The Kier molecular flexibility index (Phi) is 2.55. The molecule has 0 bridgehead atoms. The molecular weight excluding hydrogens is 172 g/mol. The number of nitrogens with one attached hydrogen (secondary N) is 1. The Balaban J connectivity index is 2.43. The summed E-state index contributed by atoms with van der Waals surface area (Å²) in [6.07, 6.45) is 2.23. The molecule has 0 aromatic carbocycles. The third-order valence-electron chi connectivity index (χ3n) is 1.04. The standard InChI is InChI=1S/C8H12N2O3/c1-8(2,3)13-7(11)10-6-9-4-5-12-6/h4-5H,1-3H3,(H,9,10,11).